The summed E-state index contributed by atoms with van der Waals surface area (Å²) < 4.78 is 5.13. The van der Waals surface area contributed by atoms with Crippen molar-refractivity contribution in [2.75, 3.05) is 18.8 Å². The summed E-state index contributed by atoms with van der Waals surface area (Å²) in [5.41, 5.74) is 7.78. The van der Waals surface area contributed by atoms with Gasteiger partial charge in [0.2, 0.25) is 5.91 Å². The quantitative estimate of drug-likeness (QED) is 0.898. The van der Waals surface area contributed by atoms with Crippen molar-refractivity contribution in [1.29, 1.82) is 0 Å². The molecule has 1 saturated heterocycles. The molecule has 1 amide bonds. The number of nitrogens with zero attached hydrogens (tertiary/aromatic N) is 2. The highest BCUT2D eigenvalue weighted by molar-refractivity contribution is 7.99. The topological polar surface area (TPSA) is 72.4 Å². The highest BCUT2D eigenvalue weighted by atomic mass is 32.2. The van der Waals surface area contributed by atoms with Crippen molar-refractivity contribution in [2.45, 2.75) is 44.9 Å². The third-order valence-corrected chi connectivity index (χ3v) is 4.82. The number of rotatable bonds is 5. The monoisotopic (exact) mass is 297 g/mol. The molecule has 2 heterocycles. The molecule has 1 aromatic rings. The molecule has 0 aromatic carbocycles. The van der Waals surface area contributed by atoms with Crippen molar-refractivity contribution in [3.05, 3.63) is 17.0 Å². The van der Waals surface area contributed by atoms with Crippen LogP contribution in [0.15, 0.2) is 4.52 Å². The molecule has 0 radical (unpaired) electrons. The van der Waals surface area contributed by atoms with E-state index in [-0.39, 0.29) is 11.9 Å². The van der Waals surface area contributed by atoms with Gasteiger partial charge in [-0.05, 0) is 33.1 Å². The van der Waals surface area contributed by atoms with Crippen molar-refractivity contribution in [1.82, 2.24) is 10.1 Å². The van der Waals surface area contributed by atoms with Crippen molar-refractivity contribution in [3.8, 4) is 0 Å². The van der Waals surface area contributed by atoms with Crippen molar-refractivity contribution in [2.24, 2.45) is 5.73 Å². The van der Waals surface area contributed by atoms with Crippen LogP contribution in [0, 0.1) is 13.8 Å². The van der Waals surface area contributed by atoms with Gasteiger partial charge < -0.3 is 15.2 Å². The van der Waals surface area contributed by atoms with Gasteiger partial charge in [0.05, 0.1) is 11.4 Å². The normalized spacial score (nSPS) is 19.4. The van der Waals surface area contributed by atoms with Crippen LogP contribution in [0.4, 0.5) is 0 Å². The lowest BCUT2D eigenvalue weighted by Crippen LogP contribution is -2.48. The summed E-state index contributed by atoms with van der Waals surface area (Å²) in [4.78, 5) is 14.2. The Morgan fingerprint density at radius 3 is 2.95 bits per heavy atom. The Bertz CT molecular complexity index is 442. The lowest BCUT2D eigenvalue weighted by Gasteiger charge is -2.35. The van der Waals surface area contributed by atoms with Crippen LogP contribution in [0.25, 0.3) is 0 Å². The molecular weight excluding hydrogens is 274 g/mol. The van der Waals surface area contributed by atoms with E-state index in [9.17, 15) is 4.79 Å². The van der Waals surface area contributed by atoms with Gasteiger partial charge in [-0.3, -0.25) is 4.79 Å². The van der Waals surface area contributed by atoms with E-state index in [0.717, 1.165) is 42.2 Å². The summed E-state index contributed by atoms with van der Waals surface area (Å²) in [6.45, 7) is 5.27. The predicted octanol–water partition coefficient (Wildman–Crippen LogP) is 1.86. The maximum absolute atomic E-state index is 12.3. The number of carbonyl (C=O) groups excluding carboxylic acids is 1. The summed E-state index contributed by atoms with van der Waals surface area (Å²) in [7, 11) is 0. The lowest BCUT2D eigenvalue weighted by atomic mass is 10.0. The molecule has 5 nitrogen and oxygen atoms in total. The van der Waals surface area contributed by atoms with Crippen LogP contribution in [0.5, 0.6) is 0 Å². The maximum atomic E-state index is 12.3. The average molecular weight is 297 g/mol. The highest BCUT2D eigenvalue weighted by Crippen LogP contribution is 2.21. The number of aromatic nitrogens is 1. The molecule has 20 heavy (non-hydrogen) atoms. The van der Waals surface area contributed by atoms with Gasteiger partial charge in [-0.15, -0.1) is 11.8 Å². The average Bonchev–Trinajstić information content (AvgIpc) is 2.78. The fourth-order valence-electron chi connectivity index (χ4n) is 2.61. The zero-order valence-corrected chi connectivity index (χ0v) is 13.0. The first-order valence-electron chi connectivity index (χ1n) is 7.12. The zero-order valence-electron chi connectivity index (χ0n) is 12.2. The third kappa shape index (κ3) is 3.55. The van der Waals surface area contributed by atoms with Gasteiger partial charge in [-0.2, -0.15) is 0 Å². The molecule has 0 saturated carbocycles. The first-order valence-corrected chi connectivity index (χ1v) is 8.28. The second-order valence-electron chi connectivity index (χ2n) is 5.27. The minimum Gasteiger partial charge on any atom is -0.361 e. The summed E-state index contributed by atoms with van der Waals surface area (Å²) >= 11 is 1.62. The number of amides is 1. The Kier molecular flexibility index (Phi) is 5.48. The third-order valence-electron chi connectivity index (χ3n) is 3.87. The lowest BCUT2D eigenvalue weighted by molar-refractivity contribution is -0.131. The van der Waals surface area contributed by atoms with Gasteiger partial charge in [0.1, 0.15) is 5.76 Å². The summed E-state index contributed by atoms with van der Waals surface area (Å²) in [6, 6.07) is 0.232. The van der Waals surface area contributed by atoms with Crippen LogP contribution >= 0.6 is 11.8 Å². The molecule has 112 valence electrons. The number of carbonyl (C=O) groups is 1. The Labute approximate surface area is 124 Å². The minimum absolute atomic E-state index is 0.205. The van der Waals surface area contributed by atoms with Gasteiger partial charge >= 0.3 is 0 Å². The molecule has 1 aliphatic heterocycles. The van der Waals surface area contributed by atoms with Crippen molar-refractivity contribution >= 4 is 17.7 Å². The number of thioether (sulfide) groups is 1. The Morgan fingerprint density at radius 2 is 2.30 bits per heavy atom. The smallest absolute Gasteiger partial charge is 0.232 e. The van der Waals surface area contributed by atoms with E-state index in [1.807, 2.05) is 18.7 Å². The summed E-state index contributed by atoms with van der Waals surface area (Å²) in [5.74, 6) is 2.33. The molecule has 1 fully saturated rings. The zero-order chi connectivity index (χ0) is 14.5. The first kappa shape index (κ1) is 15.4. The predicted molar refractivity (Wildman–Crippen MR) is 80.5 cm³/mol. The van der Waals surface area contributed by atoms with E-state index in [1.54, 1.807) is 11.8 Å². The van der Waals surface area contributed by atoms with E-state index >= 15 is 0 Å². The standard InChI is InChI=1S/C14H23N3O2S/c1-10-13(11(2)19-16-10)8-20-9-14(18)17-6-4-3-5-12(17)7-15/h12H,3-9,15H2,1-2H3. The SMILES string of the molecule is Cc1noc(C)c1CSCC(=O)N1CCCCC1CN. The minimum atomic E-state index is 0.205. The molecule has 6 heteroatoms. The summed E-state index contributed by atoms with van der Waals surface area (Å²) in [6.07, 6.45) is 3.31. The molecule has 0 aliphatic carbocycles. The van der Waals surface area contributed by atoms with E-state index in [1.165, 1.54) is 6.42 Å². The van der Waals surface area contributed by atoms with Gasteiger partial charge in [0.15, 0.2) is 0 Å². The number of hydrogen-bond acceptors (Lipinski definition) is 5. The van der Waals surface area contributed by atoms with E-state index < -0.39 is 0 Å². The molecule has 1 atom stereocenters. The summed E-state index contributed by atoms with van der Waals surface area (Å²) in [5, 5.41) is 3.93. The number of likely N-dealkylation sites (tertiary alicyclic amines) is 1. The van der Waals surface area contributed by atoms with E-state index in [4.69, 9.17) is 10.3 Å². The number of hydrogen-bond donors (Lipinski definition) is 1. The molecule has 0 spiro atoms. The van der Waals surface area contributed by atoms with Crippen LogP contribution in [0.1, 0.15) is 36.3 Å². The highest BCUT2D eigenvalue weighted by Gasteiger charge is 2.25. The van der Waals surface area contributed by atoms with Crippen LogP contribution in [0.2, 0.25) is 0 Å². The van der Waals surface area contributed by atoms with Crippen LogP contribution in [-0.4, -0.2) is 40.8 Å². The van der Waals surface area contributed by atoms with Crippen molar-refractivity contribution in [3.63, 3.8) is 0 Å². The fourth-order valence-corrected chi connectivity index (χ4v) is 3.66. The van der Waals surface area contributed by atoms with Gasteiger partial charge in [-0.1, -0.05) is 5.16 Å². The second-order valence-corrected chi connectivity index (χ2v) is 6.25. The first-order chi connectivity index (χ1) is 9.63. The number of aryl methyl sites for hydroxylation is 2. The number of nitrogens with two attached hydrogens (primary N) is 1. The van der Waals surface area contributed by atoms with Crippen LogP contribution in [-0.2, 0) is 10.5 Å². The number of piperidine rings is 1. The van der Waals surface area contributed by atoms with Gasteiger partial charge in [-0.25, -0.2) is 0 Å². The largest absolute Gasteiger partial charge is 0.361 e. The Hall–Kier alpha value is -1.01. The van der Waals surface area contributed by atoms with Gasteiger partial charge in [0, 0.05) is 30.4 Å². The van der Waals surface area contributed by atoms with E-state index in [2.05, 4.69) is 5.16 Å². The molecule has 2 N–H and O–H groups in total. The molecule has 0 bridgehead atoms. The van der Waals surface area contributed by atoms with Crippen LogP contribution in [0.3, 0.4) is 0 Å². The van der Waals surface area contributed by atoms with Crippen molar-refractivity contribution < 1.29 is 9.32 Å². The Morgan fingerprint density at radius 1 is 1.50 bits per heavy atom. The molecule has 1 unspecified atom stereocenters. The molecule has 2 rings (SSSR count). The fraction of sp³-hybridized carbons (Fsp3) is 0.714. The van der Waals surface area contributed by atoms with Gasteiger partial charge in [0.25, 0.3) is 0 Å². The van der Waals surface area contributed by atoms with E-state index in [0.29, 0.717) is 12.3 Å². The Balaban J connectivity index is 1.83. The second kappa shape index (κ2) is 7.13. The molecular formula is C14H23N3O2S. The van der Waals surface area contributed by atoms with Crippen LogP contribution < -0.4 is 5.73 Å². The molecule has 1 aliphatic rings. The maximum Gasteiger partial charge on any atom is 0.232 e. The molecule has 1 aromatic heterocycles.